The van der Waals surface area contributed by atoms with Crippen LogP contribution in [-0.2, 0) is 21.1 Å². The van der Waals surface area contributed by atoms with Crippen LogP contribution in [-0.4, -0.2) is 33.7 Å². The molecule has 0 aromatic heterocycles. The van der Waals surface area contributed by atoms with E-state index in [4.69, 9.17) is 4.74 Å². The van der Waals surface area contributed by atoms with Gasteiger partial charge < -0.3 is 10.1 Å². The third-order valence-corrected chi connectivity index (χ3v) is 4.58. The van der Waals surface area contributed by atoms with Crippen molar-refractivity contribution < 1.29 is 17.9 Å². The molecule has 0 fully saturated rings. The van der Waals surface area contributed by atoms with Gasteiger partial charge in [-0.15, -0.1) is 0 Å². The fraction of sp³-hybridized carbons (Fsp3) is 0.278. The number of aryl methyl sites for hydroxylation is 1. The topological polar surface area (TPSA) is 72.5 Å². The van der Waals surface area contributed by atoms with Gasteiger partial charge in [0.1, 0.15) is 5.75 Å². The fourth-order valence-corrected chi connectivity index (χ4v) is 2.79. The highest BCUT2D eigenvalue weighted by atomic mass is 32.2. The maximum Gasteiger partial charge on any atom is 0.257 e. The first-order chi connectivity index (χ1) is 11.3. The third-order valence-electron chi connectivity index (χ3n) is 3.45. The second kappa shape index (κ2) is 7.97. The predicted octanol–water partition coefficient (Wildman–Crippen LogP) is 2.14. The number of carbonyl (C=O) groups excluding carboxylic acids is 1. The Bertz CT molecular complexity index is 798. The minimum Gasteiger partial charge on any atom is -0.484 e. The minimum atomic E-state index is -3.18. The number of rotatable bonds is 7. The lowest BCUT2D eigenvalue weighted by molar-refractivity contribution is -0.123. The zero-order valence-corrected chi connectivity index (χ0v) is 14.6. The van der Waals surface area contributed by atoms with Gasteiger partial charge in [-0.25, -0.2) is 8.42 Å². The first-order valence-corrected chi connectivity index (χ1v) is 9.49. The molecule has 0 atom stereocenters. The number of amides is 1. The Morgan fingerprint density at radius 1 is 1.12 bits per heavy atom. The summed E-state index contributed by atoms with van der Waals surface area (Å²) < 4.78 is 28.2. The summed E-state index contributed by atoms with van der Waals surface area (Å²) in [5.41, 5.74) is 2.03. The van der Waals surface area contributed by atoms with Gasteiger partial charge in [0.25, 0.3) is 5.91 Å². The number of ether oxygens (including phenoxy) is 1. The van der Waals surface area contributed by atoms with Crippen LogP contribution in [0.15, 0.2) is 53.4 Å². The normalized spacial score (nSPS) is 11.1. The second-order valence-corrected chi connectivity index (χ2v) is 7.64. The van der Waals surface area contributed by atoms with Crippen molar-refractivity contribution in [2.75, 3.05) is 19.4 Å². The van der Waals surface area contributed by atoms with Gasteiger partial charge in [-0.3, -0.25) is 4.79 Å². The van der Waals surface area contributed by atoms with E-state index in [-0.39, 0.29) is 12.5 Å². The Balaban J connectivity index is 1.74. The van der Waals surface area contributed by atoms with Crippen molar-refractivity contribution in [3.63, 3.8) is 0 Å². The van der Waals surface area contributed by atoms with Crippen LogP contribution in [0.2, 0.25) is 0 Å². The van der Waals surface area contributed by atoms with Crippen molar-refractivity contribution in [2.24, 2.45) is 0 Å². The van der Waals surface area contributed by atoms with Crippen LogP contribution in [0.4, 0.5) is 0 Å². The van der Waals surface area contributed by atoms with E-state index in [1.54, 1.807) is 24.3 Å². The standard InChI is InChI=1S/C18H21NO4S/c1-14-4-3-5-16(12-14)23-13-18(20)19-11-10-15-6-8-17(9-7-15)24(2,21)22/h3-9,12H,10-11,13H2,1-2H3,(H,19,20). The van der Waals surface area contributed by atoms with Crippen LogP contribution in [0.25, 0.3) is 0 Å². The number of benzene rings is 2. The molecule has 0 bridgehead atoms. The molecule has 128 valence electrons. The van der Waals surface area contributed by atoms with Crippen molar-refractivity contribution in [3.05, 3.63) is 59.7 Å². The van der Waals surface area contributed by atoms with E-state index >= 15 is 0 Å². The first kappa shape index (κ1) is 18.0. The fourth-order valence-electron chi connectivity index (χ4n) is 2.15. The van der Waals surface area contributed by atoms with Gasteiger partial charge in [0.05, 0.1) is 4.90 Å². The van der Waals surface area contributed by atoms with Crippen LogP contribution in [0.1, 0.15) is 11.1 Å². The number of hydrogen-bond acceptors (Lipinski definition) is 4. The molecule has 0 unspecified atom stereocenters. The van der Waals surface area contributed by atoms with Gasteiger partial charge in [-0.2, -0.15) is 0 Å². The van der Waals surface area contributed by atoms with Crippen molar-refractivity contribution in [1.29, 1.82) is 0 Å². The highest BCUT2D eigenvalue weighted by Gasteiger charge is 2.06. The maximum atomic E-state index is 11.8. The van der Waals surface area contributed by atoms with Crippen LogP contribution in [0.5, 0.6) is 5.75 Å². The van der Waals surface area contributed by atoms with E-state index in [1.807, 2.05) is 31.2 Å². The summed E-state index contributed by atoms with van der Waals surface area (Å²) in [7, 11) is -3.18. The van der Waals surface area contributed by atoms with E-state index in [0.717, 1.165) is 11.1 Å². The van der Waals surface area contributed by atoms with Crippen LogP contribution >= 0.6 is 0 Å². The van der Waals surface area contributed by atoms with Gasteiger partial charge in [0.15, 0.2) is 16.4 Å². The SMILES string of the molecule is Cc1cccc(OCC(=O)NCCc2ccc(S(C)(=O)=O)cc2)c1. The molecule has 0 radical (unpaired) electrons. The monoisotopic (exact) mass is 347 g/mol. The molecular formula is C18H21NO4S. The molecular weight excluding hydrogens is 326 g/mol. The van der Waals surface area contributed by atoms with E-state index < -0.39 is 9.84 Å². The maximum absolute atomic E-state index is 11.8. The number of nitrogens with one attached hydrogen (secondary N) is 1. The Kier molecular flexibility index (Phi) is 5.98. The summed E-state index contributed by atoms with van der Waals surface area (Å²) in [4.78, 5) is 12.1. The highest BCUT2D eigenvalue weighted by Crippen LogP contribution is 2.12. The lowest BCUT2D eigenvalue weighted by atomic mass is 10.1. The first-order valence-electron chi connectivity index (χ1n) is 7.60. The van der Waals surface area contributed by atoms with Gasteiger partial charge in [0, 0.05) is 12.8 Å². The molecule has 6 heteroatoms. The molecule has 0 heterocycles. The Labute approximate surface area is 142 Å². The molecule has 0 aliphatic heterocycles. The molecule has 2 aromatic carbocycles. The van der Waals surface area contributed by atoms with E-state index in [2.05, 4.69) is 5.32 Å². The Hall–Kier alpha value is -2.34. The molecule has 1 N–H and O–H groups in total. The predicted molar refractivity (Wildman–Crippen MR) is 92.9 cm³/mol. The molecule has 0 saturated carbocycles. The summed E-state index contributed by atoms with van der Waals surface area (Å²) in [6.45, 7) is 2.40. The van der Waals surface area contributed by atoms with Gasteiger partial charge >= 0.3 is 0 Å². The summed E-state index contributed by atoms with van der Waals surface area (Å²) in [6, 6.07) is 14.2. The Morgan fingerprint density at radius 3 is 2.46 bits per heavy atom. The van der Waals surface area contributed by atoms with E-state index in [9.17, 15) is 13.2 Å². The number of hydrogen-bond donors (Lipinski definition) is 1. The molecule has 2 aromatic rings. The zero-order valence-electron chi connectivity index (χ0n) is 13.8. The smallest absolute Gasteiger partial charge is 0.257 e. The molecule has 24 heavy (non-hydrogen) atoms. The molecule has 1 amide bonds. The zero-order chi connectivity index (χ0) is 17.6. The van der Waals surface area contributed by atoms with Gasteiger partial charge in [0.2, 0.25) is 0 Å². The molecule has 0 spiro atoms. The highest BCUT2D eigenvalue weighted by molar-refractivity contribution is 7.90. The minimum absolute atomic E-state index is 0.0313. The van der Waals surface area contributed by atoms with Crippen LogP contribution in [0, 0.1) is 6.92 Å². The largest absolute Gasteiger partial charge is 0.484 e. The van der Waals surface area contributed by atoms with Crippen molar-refractivity contribution in [3.8, 4) is 5.75 Å². The van der Waals surface area contributed by atoms with E-state index in [0.29, 0.717) is 23.6 Å². The molecule has 2 rings (SSSR count). The van der Waals surface area contributed by atoms with Crippen molar-refractivity contribution >= 4 is 15.7 Å². The lowest BCUT2D eigenvalue weighted by Crippen LogP contribution is -2.30. The average molecular weight is 347 g/mol. The second-order valence-electron chi connectivity index (χ2n) is 5.62. The van der Waals surface area contributed by atoms with E-state index in [1.165, 1.54) is 6.26 Å². The average Bonchev–Trinajstić information content (AvgIpc) is 2.53. The third kappa shape index (κ3) is 5.70. The number of carbonyl (C=O) groups is 1. The van der Waals surface area contributed by atoms with Crippen molar-refractivity contribution in [2.45, 2.75) is 18.2 Å². The summed E-state index contributed by atoms with van der Waals surface area (Å²) in [5.74, 6) is 0.478. The van der Waals surface area contributed by atoms with Gasteiger partial charge in [-0.1, -0.05) is 24.3 Å². The molecule has 5 nitrogen and oxygen atoms in total. The summed E-state index contributed by atoms with van der Waals surface area (Å²) in [5, 5.41) is 2.78. The Morgan fingerprint density at radius 2 is 1.83 bits per heavy atom. The molecule has 0 aliphatic rings. The van der Waals surface area contributed by atoms with Gasteiger partial charge in [-0.05, 0) is 48.7 Å². The van der Waals surface area contributed by atoms with Crippen LogP contribution < -0.4 is 10.1 Å². The molecule has 0 aliphatic carbocycles. The summed E-state index contributed by atoms with van der Waals surface area (Å²) in [6.07, 6.45) is 1.80. The van der Waals surface area contributed by atoms with Crippen molar-refractivity contribution in [1.82, 2.24) is 5.32 Å². The van der Waals surface area contributed by atoms with Crippen LogP contribution in [0.3, 0.4) is 0 Å². The quantitative estimate of drug-likeness (QED) is 0.833. The summed E-state index contributed by atoms with van der Waals surface area (Å²) >= 11 is 0. The lowest BCUT2D eigenvalue weighted by Gasteiger charge is -2.08. The number of sulfone groups is 1. The molecule has 0 saturated heterocycles.